The van der Waals surface area contributed by atoms with E-state index in [9.17, 15) is 14.9 Å². The van der Waals surface area contributed by atoms with Crippen molar-refractivity contribution in [3.63, 3.8) is 0 Å². The number of halogens is 1. The summed E-state index contributed by atoms with van der Waals surface area (Å²) >= 11 is 3.20. The maximum absolute atomic E-state index is 11.2. The molecule has 0 aliphatic rings. The highest BCUT2D eigenvalue weighted by atomic mass is 79.9. The molecule has 0 aliphatic carbocycles. The Hall–Kier alpha value is -1.43. The zero-order valence-corrected chi connectivity index (χ0v) is 11.1. The molecule has 0 saturated heterocycles. The van der Waals surface area contributed by atoms with Crippen LogP contribution in [0.3, 0.4) is 0 Å². The highest BCUT2D eigenvalue weighted by Crippen LogP contribution is 2.21. The fraction of sp³-hybridized carbons (Fsp3) is 0.364. The average molecular weight is 302 g/mol. The van der Waals surface area contributed by atoms with Gasteiger partial charge in [0.05, 0.1) is 12.0 Å². The van der Waals surface area contributed by atoms with Gasteiger partial charge in [-0.3, -0.25) is 14.9 Å². The maximum Gasteiger partial charge on any atom is 0.319 e. The standard InChI is InChI=1S/C11H12BrNO4/c1-7-5-8(3-4-10(7)13(15)16)6-9(12)11(14)17-2/h3-5,9H,6H2,1-2H3. The van der Waals surface area contributed by atoms with Gasteiger partial charge in [-0.2, -0.15) is 0 Å². The maximum atomic E-state index is 11.2. The number of carbonyl (C=O) groups is 1. The summed E-state index contributed by atoms with van der Waals surface area (Å²) in [5.74, 6) is -0.360. The van der Waals surface area contributed by atoms with Gasteiger partial charge in [0.15, 0.2) is 0 Å². The fourth-order valence-electron chi connectivity index (χ4n) is 1.47. The Balaban J connectivity index is 2.84. The van der Waals surface area contributed by atoms with Gasteiger partial charge in [-0.05, 0) is 25.0 Å². The third-order valence-corrected chi connectivity index (χ3v) is 3.03. The molecular formula is C11H12BrNO4. The highest BCUT2D eigenvalue weighted by molar-refractivity contribution is 9.10. The number of nitro groups is 1. The van der Waals surface area contributed by atoms with Crippen LogP contribution in [-0.4, -0.2) is 22.8 Å². The quantitative estimate of drug-likeness (QED) is 0.370. The molecule has 5 nitrogen and oxygen atoms in total. The second-order valence-electron chi connectivity index (χ2n) is 3.57. The van der Waals surface area contributed by atoms with Crippen LogP contribution in [0.4, 0.5) is 5.69 Å². The van der Waals surface area contributed by atoms with Crippen LogP contribution in [0, 0.1) is 17.0 Å². The van der Waals surface area contributed by atoms with Crippen molar-refractivity contribution in [3.8, 4) is 0 Å². The van der Waals surface area contributed by atoms with E-state index in [-0.39, 0.29) is 11.7 Å². The van der Waals surface area contributed by atoms with E-state index >= 15 is 0 Å². The highest BCUT2D eigenvalue weighted by Gasteiger charge is 2.17. The van der Waals surface area contributed by atoms with E-state index < -0.39 is 9.75 Å². The van der Waals surface area contributed by atoms with Crippen LogP contribution in [-0.2, 0) is 16.0 Å². The molecule has 0 aromatic heterocycles. The molecule has 0 fully saturated rings. The molecule has 17 heavy (non-hydrogen) atoms. The van der Waals surface area contributed by atoms with E-state index in [4.69, 9.17) is 0 Å². The molecule has 1 atom stereocenters. The number of aryl methyl sites for hydroxylation is 1. The Kier molecular flexibility index (Phi) is 4.62. The summed E-state index contributed by atoms with van der Waals surface area (Å²) in [5, 5.41) is 10.6. The first-order chi connectivity index (χ1) is 7.95. The van der Waals surface area contributed by atoms with Gasteiger partial charge in [0, 0.05) is 11.6 Å². The summed E-state index contributed by atoms with van der Waals surface area (Å²) in [7, 11) is 1.32. The van der Waals surface area contributed by atoms with Crippen LogP contribution in [0.5, 0.6) is 0 Å². The molecule has 0 spiro atoms. The molecule has 1 aromatic rings. The summed E-state index contributed by atoms with van der Waals surface area (Å²) in [6.45, 7) is 1.67. The van der Waals surface area contributed by atoms with Gasteiger partial charge in [0.1, 0.15) is 4.83 Å². The van der Waals surface area contributed by atoms with Crippen molar-refractivity contribution in [1.82, 2.24) is 0 Å². The lowest BCUT2D eigenvalue weighted by molar-refractivity contribution is -0.385. The van der Waals surface area contributed by atoms with Crippen molar-refractivity contribution < 1.29 is 14.5 Å². The van der Waals surface area contributed by atoms with E-state index in [0.717, 1.165) is 5.56 Å². The summed E-state index contributed by atoms with van der Waals surface area (Å²) in [6.07, 6.45) is 0.436. The van der Waals surface area contributed by atoms with Crippen molar-refractivity contribution in [2.75, 3.05) is 7.11 Å². The summed E-state index contributed by atoms with van der Waals surface area (Å²) in [4.78, 5) is 21.0. The molecule has 0 aliphatic heterocycles. The molecule has 1 unspecified atom stereocenters. The number of methoxy groups -OCH3 is 1. The first-order valence-electron chi connectivity index (χ1n) is 4.91. The second-order valence-corrected chi connectivity index (χ2v) is 4.68. The predicted octanol–water partition coefficient (Wildman–Crippen LogP) is 2.38. The number of nitro benzene ring substituents is 1. The van der Waals surface area contributed by atoms with Gasteiger partial charge >= 0.3 is 5.97 Å². The van der Waals surface area contributed by atoms with Gasteiger partial charge < -0.3 is 4.74 Å². The first-order valence-corrected chi connectivity index (χ1v) is 5.83. The van der Waals surface area contributed by atoms with E-state index in [2.05, 4.69) is 20.7 Å². The van der Waals surface area contributed by atoms with Gasteiger partial charge in [-0.25, -0.2) is 0 Å². The number of carbonyl (C=O) groups excluding carboxylic acids is 1. The largest absolute Gasteiger partial charge is 0.468 e. The van der Waals surface area contributed by atoms with Crippen molar-refractivity contribution in [2.45, 2.75) is 18.2 Å². The molecule has 0 bridgehead atoms. The lowest BCUT2D eigenvalue weighted by Crippen LogP contribution is -2.18. The zero-order valence-electron chi connectivity index (χ0n) is 9.47. The number of nitrogens with zero attached hydrogens (tertiary/aromatic N) is 1. The normalized spacial score (nSPS) is 11.9. The predicted molar refractivity (Wildman–Crippen MR) is 66.3 cm³/mol. The van der Waals surface area contributed by atoms with Crippen LogP contribution in [0.15, 0.2) is 18.2 Å². The molecule has 0 heterocycles. The lowest BCUT2D eigenvalue weighted by Gasteiger charge is -2.08. The van der Waals surface area contributed by atoms with Crippen LogP contribution in [0.2, 0.25) is 0 Å². The Labute approximate surface area is 107 Å². The molecule has 6 heteroatoms. The van der Waals surface area contributed by atoms with Gasteiger partial charge in [0.25, 0.3) is 5.69 Å². The molecule has 0 radical (unpaired) electrons. The van der Waals surface area contributed by atoms with Crippen LogP contribution < -0.4 is 0 Å². The minimum absolute atomic E-state index is 0.0814. The van der Waals surface area contributed by atoms with Gasteiger partial charge in [0.2, 0.25) is 0 Å². The number of ether oxygens (including phenoxy) is 1. The minimum atomic E-state index is -0.437. The van der Waals surface area contributed by atoms with Crippen molar-refractivity contribution in [3.05, 3.63) is 39.4 Å². The number of hydrogen-bond acceptors (Lipinski definition) is 4. The minimum Gasteiger partial charge on any atom is -0.468 e. The van der Waals surface area contributed by atoms with Gasteiger partial charge in [-0.1, -0.05) is 22.0 Å². The monoisotopic (exact) mass is 301 g/mol. The summed E-state index contributed by atoms with van der Waals surface area (Å²) in [5.41, 5.74) is 1.51. The third-order valence-electron chi connectivity index (χ3n) is 2.33. The van der Waals surface area contributed by atoms with Crippen LogP contribution in [0.25, 0.3) is 0 Å². The molecule has 1 rings (SSSR count). The Morgan fingerprint density at radius 2 is 2.24 bits per heavy atom. The number of hydrogen-bond donors (Lipinski definition) is 0. The smallest absolute Gasteiger partial charge is 0.319 e. The average Bonchev–Trinajstić information content (AvgIpc) is 2.27. The molecule has 92 valence electrons. The van der Waals surface area contributed by atoms with E-state index in [0.29, 0.717) is 12.0 Å². The molecule has 0 N–H and O–H groups in total. The summed E-state index contributed by atoms with van der Waals surface area (Å²) in [6, 6.07) is 4.79. The first kappa shape index (κ1) is 13.6. The van der Waals surface area contributed by atoms with Crippen molar-refractivity contribution in [2.24, 2.45) is 0 Å². The Bertz CT molecular complexity index is 447. The Morgan fingerprint density at radius 3 is 2.71 bits per heavy atom. The topological polar surface area (TPSA) is 69.4 Å². The van der Waals surface area contributed by atoms with Crippen LogP contribution >= 0.6 is 15.9 Å². The van der Waals surface area contributed by atoms with Crippen LogP contribution in [0.1, 0.15) is 11.1 Å². The third kappa shape index (κ3) is 3.52. The SMILES string of the molecule is COC(=O)C(Br)Cc1ccc([N+](=O)[O-])c(C)c1. The second kappa shape index (κ2) is 5.77. The van der Waals surface area contributed by atoms with Crippen molar-refractivity contribution in [1.29, 1.82) is 0 Å². The lowest BCUT2D eigenvalue weighted by atomic mass is 10.1. The zero-order chi connectivity index (χ0) is 13.0. The fourth-order valence-corrected chi connectivity index (χ4v) is 2.03. The summed E-state index contributed by atoms with van der Waals surface area (Å²) < 4.78 is 4.58. The number of esters is 1. The number of rotatable bonds is 4. The molecular weight excluding hydrogens is 290 g/mol. The van der Waals surface area contributed by atoms with E-state index in [1.165, 1.54) is 13.2 Å². The van der Waals surface area contributed by atoms with Crippen molar-refractivity contribution >= 4 is 27.6 Å². The number of benzene rings is 1. The van der Waals surface area contributed by atoms with Gasteiger partial charge in [-0.15, -0.1) is 0 Å². The Morgan fingerprint density at radius 1 is 1.59 bits per heavy atom. The van der Waals surface area contributed by atoms with E-state index in [1.807, 2.05) is 0 Å². The molecule has 0 amide bonds. The van der Waals surface area contributed by atoms with E-state index in [1.54, 1.807) is 19.1 Å². The molecule has 0 saturated carbocycles. The number of alkyl halides is 1. The molecule has 1 aromatic carbocycles.